The zero-order valence-corrected chi connectivity index (χ0v) is 18.4. The molecule has 0 fully saturated rings. The molecule has 0 unspecified atom stereocenters. The van der Waals surface area contributed by atoms with Crippen molar-refractivity contribution in [2.24, 2.45) is 5.10 Å². The molecule has 0 spiro atoms. The molecule has 0 saturated heterocycles. The molecule has 0 bridgehead atoms. The Balaban J connectivity index is 1.53. The Morgan fingerprint density at radius 3 is 2.52 bits per heavy atom. The molecular formula is C26H24N2O5. The fourth-order valence-electron chi connectivity index (χ4n) is 2.78. The summed E-state index contributed by atoms with van der Waals surface area (Å²) in [5, 5.41) is 3.92. The minimum atomic E-state index is -0.528. The molecule has 1 N–H and O–H groups in total. The van der Waals surface area contributed by atoms with Crippen molar-refractivity contribution in [1.82, 2.24) is 5.43 Å². The molecule has 0 atom stereocenters. The van der Waals surface area contributed by atoms with Crippen molar-refractivity contribution in [2.75, 3.05) is 13.7 Å². The predicted octanol–water partition coefficient (Wildman–Crippen LogP) is 4.15. The van der Waals surface area contributed by atoms with Gasteiger partial charge in [0.15, 0.2) is 18.1 Å². The van der Waals surface area contributed by atoms with Crippen molar-refractivity contribution < 1.29 is 23.8 Å². The highest BCUT2D eigenvalue weighted by atomic mass is 16.6. The first-order valence-electron chi connectivity index (χ1n) is 10.2. The lowest BCUT2D eigenvalue weighted by molar-refractivity contribution is -0.129. The Labute approximate surface area is 192 Å². The third-order valence-corrected chi connectivity index (χ3v) is 4.37. The van der Waals surface area contributed by atoms with Gasteiger partial charge in [-0.25, -0.2) is 10.2 Å². The third kappa shape index (κ3) is 7.66. The average Bonchev–Trinajstić information content (AvgIpc) is 2.83. The van der Waals surface area contributed by atoms with Crippen LogP contribution >= 0.6 is 0 Å². The number of methoxy groups -OCH3 is 1. The highest BCUT2D eigenvalue weighted by Gasteiger charge is 2.09. The molecule has 0 aromatic heterocycles. The van der Waals surface area contributed by atoms with Crippen LogP contribution in [-0.2, 0) is 9.59 Å². The van der Waals surface area contributed by atoms with Gasteiger partial charge in [-0.3, -0.25) is 4.79 Å². The van der Waals surface area contributed by atoms with Gasteiger partial charge in [-0.15, -0.1) is 0 Å². The number of hydrogen-bond donors (Lipinski definition) is 1. The van der Waals surface area contributed by atoms with Crippen LogP contribution in [0, 0.1) is 6.92 Å². The maximum absolute atomic E-state index is 12.1. The molecule has 3 aromatic rings. The molecule has 0 heterocycles. The second-order valence-electron chi connectivity index (χ2n) is 6.97. The van der Waals surface area contributed by atoms with Crippen molar-refractivity contribution in [3.8, 4) is 17.2 Å². The molecule has 1 amide bonds. The van der Waals surface area contributed by atoms with E-state index in [-0.39, 0.29) is 12.4 Å². The number of hydrazone groups is 1. The molecule has 0 radical (unpaired) electrons. The number of benzene rings is 3. The van der Waals surface area contributed by atoms with E-state index in [2.05, 4.69) is 10.5 Å². The van der Waals surface area contributed by atoms with Crippen molar-refractivity contribution in [2.45, 2.75) is 6.92 Å². The molecule has 0 saturated carbocycles. The summed E-state index contributed by atoms with van der Waals surface area (Å²) in [6.45, 7) is 1.79. The van der Waals surface area contributed by atoms with E-state index in [9.17, 15) is 9.59 Å². The summed E-state index contributed by atoms with van der Waals surface area (Å²) in [4.78, 5) is 24.0. The van der Waals surface area contributed by atoms with Crippen LogP contribution in [0.15, 0.2) is 84.0 Å². The highest BCUT2D eigenvalue weighted by molar-refractivity contribution is 5.89. The smallest absolute Gasteiger partial charge is 0.336 e. The first-order valence-corrected chi connectivity index (χ1v) is 10.2. The summed E-state index contributed by atoms with van der Waals surface area (Å²) >= 11 is 0. The van der Waals surface area contributed by atoms with E-state index in [0.717, 1.165) is 11.1 Å². The molecule has 33 heavy (non-hydrogen) atoms. The van der Waals surface area contributed by atoms with Gasteiger partial charge in [0.1, 0.15) is 5.75 Å². The number of rotatable bonds is 9. The average molecular weight is 444 g/mol. The monoisotopic (exact) mass is 444 g/mol. The molecule has 3 aromatic carbocycles. The number of amides is 1. The summed E-state index contributed by atoms with van der Waals surface area (Å²) in [6.07, 6.45) is 4.47. The Hall–Kier alpha value is -4.39. The molecule has 168 valence electrons. The molecule has 0 aliphatic carbocycles. The van der Waals surface area contributed by atoms with Crippen LogP contribution in [-0.4, -0.2) is 31.8 Å². The maximum atomic E-state index is 12.1. The molecular weight excluding hydrogens is 420 g/mol. The lowest BCUT2D eigenvalue weighted by atomic mass is 10.2. The normalized spacial score (nSPS) is 10.8. The van der Waals surface area contributed by atoms with E-state index in [1.54, 1.807) is 30.3 Å². The first kappa shape index (κ1) is 23.3. The van der Waals surface area contributed by atoms with Crippen LogP contribution in [0.5, 0.6) is 17.2 Å². The Bertz CT molecular complexity index is 1160. The van der Waals surface area contributed by atoms with Gasteiger partial charge in [-0.2, -0.15) is 5.10 Å². The van der Waals surface area contributed by atoms with Crippen LogP contribution in [0.3, 0.4) is 0 Å². The Morgan fingerprint density at radius 2 is 1.76 bits per heavy atom. The standard InChI is InChI=1S/C26H24N2O5/c1-19-7-6-10-22(15-19)32-18-25(29)28-27-17-21-11-13-23(24(16-21)31-2)33-26(30)14-12-20-8-4-3-5-9-20/h3-17H,18H2,1-2H3,(H,28,29)/b14-12+,27-17-. The number of carbonyl (C=O) groups is 2. The lowest BCUT2D eigenvalue weighted by Gasteiger charge is -2.08. The summed E-state index contributed by atoms with van der Waals surface area (Å²) in [6, 6.07) is 21.8. The minimum absolute atomic E-state index is 0.157. The van der Waals surface area contributed by atoms with Gasteiger partial charge in [0.05, 0.1) is 13.3 Å². The molecule has 7 heteroatoms. The minimum Gasteiger partial charge on any atom is -0.493 e. The first-order chi connectivity index (χ1) is 16.0. The molecule has 0 aliphatic rings. The van der Waals surface area contributed by atoms with E-state index < -0.39 is 11.9 Å². The van der Waals surface area contributed by atoms with Gasteiger partial charge in [-0.1, -0.05) is 42.5 Å². The Morgan fingerprint density at radius 1 is 0.939 bits per heavy atom. The van der Waals surface area contributed by atoms with Gasteiger partial charge < -0.3 is 14.2 Å². The summed E-state index contributed by atoms with van der Waals surface area (Å²) in [7, 11) is 1.47. The number of carbonyl (C=O) groups excluding carboxylic acids is 2. The Kier molecular flexibility index (Phi) is 8.36. The summed E-state index contributed by atoms with van der Waals surface area (Å²) in [5.74, 6) is 0.319. The number of esters is 1. The topological polar surface area (TPSA) is 86.2 Å². The molecule has 3 rings (SSSR count). The highest BCUT2D eigenvalue weighted by Crippen LogP contribution is 2.27. The fourth-order valence-corrected chi connectivity index (χ4v) is 2.78. The van der Waals surface area contributed by atoms with Crippen molar-refractivity contribution >= 4 is 24.2 Å². The van der Waals surface area contributed by atoms with Crippen LogP contribution in [0.25, 0.3) is 6.08 Å². The number of hydrogen-bond acceptors (Lipinski definition) is 6. The quantitative estimate of drug-likeness (QED) is 0.176. The SMILES string of the molecule is COc1cc(/C=N\NC(=O)COc2cccc(C)c2)ccc1OC(=O)/C=C/c1ccccc1. The van der Waals surface area contributed by atoms with Gasteiger partial charge in [0.25, 0.3) is 5.91 Å². The van der Waals surface area contributed by atoms with Crippen LogP contribution in [0.1, 0.15) is 16.7 Å². The lowest BCUT2D eigenvalue weighted by Crippen LogP contribution is -2.24. The number of ether oxygens (including phenoxy) is 3. The van der Waals surface area contributed by atoms with Crippen molar-refractivity contribution in [1.29, 1.82) is 0 Å². The largest absolute Gasteiger partial charge is 0.493 e. The predicted molar refractivity (Wildman–Crippen MR) is 127 cm³/mol. The van der Waals surface area contributed by atoms with E-state index >= 15 is 0 Å². The van der Waals surface area contributed by atoms with Gasteiger partial charge in [0, 0.05) is 6.08 Å². The van der Waals surface area contributed by atoms with E-state index in [1.807, 2.05) is 55.5 Å². The summed E-state index contributed by atoms with van der Waals surface area (Å²) < 4.78 is 16.1. The van der Waals surface area contributed by atoms with Crippen LogP contribution in [0.4, 0.5) is 0 Å². The van der Waals surface area contributed by atoms with Crippen LogP contribution < -0.4 is 19.6 Å². The van der Waals surface area contributed by atoms with E-state index in [0.29, 0.717) is 17.1 Å². The van der Waals surface area contributed by atoms with E-state index in [1.165, 1.54) is 19.4 Å². The van der Waals surface area contributed by atoms with Gasteiger partial charge >= 0.3 is 5.97 Å². The van der Waals surface area contributed by atoms with E-state index in [4.69, 9.17) is 14.2 Å². The second kappa shape index (κ2) is 11.9. The van der Waals surface area contributed by atoms with Gasteiger partial charge in [0.2, 0.25) is 0 Å². The third-order valence-electron chi connectivity index (χ3n) is 4.37. The van der Waals surface area contributed by atoms with Crippen molar-refractivity contribution in [3.63, 3.8) is 0 Å². The zero-order valence-electron chi connectivity index (χ0n) is 18.4. The maximum Gasteiger partial charge on any atom is 0.336 e. The number of nitrogens with one attached hydrogen (secondary N) is 1. The second-order valence-corrected chi connectivity index (χ2v) is 6.97. The zero-order chi connectivity index (χ0) is 23.5. The van der Waals surface area contributed by atoms with Gasteiger partial charge in [-0.05, 0) is 60.0 Å². The fraction of sp³-hybridized carbons (Fsp3) is 0.115. The summed E-state index contributed by atoms with van der Waals surface area (Å²) in [5.41, 5.74) is 4.98. The number of aryl methyl sites for hydroxylation is 1. The van der Waals surface area contributed by atoms with Crippen molar-refractivity contribution in [3.05, 3.63) is 95.6 Å². The molecule has 0 aliphatic heterocycles. The number of nitrogens with zero attached hydrogens (tertiary/aromatic N) is 1. The molecule has 7 nitrogen and oxygen atoms in total. The van der Waals surface area contributed by atoms with Crippen LogP contribution in [0.2, 0.25) is 0 Å².